The first-order chi connectivity index (χ1) is 7.31. The summed E-state index contributed by atoms with van der Waals surface area (Å²) >= 11 is 0. The highest BCUT2D eigenvalue weighted by atomic mass is 16.5. The standard InChI is InChI=1S/C11H16N2O2/c1-3-4-9-13(12-14)10-5-7-11(15-2)8-6-10/h5-8H,3-4,9H2,1-2H3. The molecular formula is C11H16N2O2. The maximum atomic E-state index is 10.6. The second-order valence-electron chi connectivity index (χ2n) is 3.26. The molecule has 0 saturated heterocycles. The number of ether oxygens (including phenoxy) is 1. The molecule has 0 aliphatic rings. The number of anilines is 1. The van der Waals surface area contributed by atoms with Gasteiger partial charge in [0.25, 0.3) is 0 Å². The first kappa shape index (κ1) is 11.5. The predicted molar refractivity (Wildman–Crippen MR) is 61.0 cm³/mol. The van der Waals surface area contributed by atoms with Crippen LogP contribution in [0.4, 0.5) is 5.69 Å². The van der Waals surface area contributed by atoms with E-state index in [1.807, 2.05) is 24.3 Å². The van der Waals surface area contributed by atoms with Crippen molar-refractivity contribution in [2.75, 3.05) is 18.7 Å². The summed E-state index contributed by atoms with van der Waals surface area (Å²) < 4.78 is 5.04. The SMILES string of the molecule is CCCCN(N=O)c1ccc(OC)cc1. The highest BCUT2D eigenvalue weighted by molar-refractivity contribution is 5.48. The van der Waals surface area contributed by atoms with Crippen molar-refractivity contribution in [3.63, 3.8) is 0 Å². The van der Waals surface area contributed by atoms with Gasteiger partial charge in [-0.05, 0) is 30.7 Å². The second kappa shape index (κ2) is 6.01. The maximum Gasteiger partial charge on any atom is 0.119 e. The summed E-state index contributed by atoms with van der Waals surface area (Å²) in [4.78, 5) is 10.6. The zero-order chi connectivity index (χ0) is 11.1. The number of rotatable bonds is 6. The Labute approximate surface area is 89.8 Å². The summed E-state index contributed by atoms with van der Waals surface area (Å²) in [5, 5.41) is 4.46. The highest BCUT2D eigenvalue weighted by Gasteiger charge is 2.05. The number of nitrogens with zero attached hydrogens (tertiary/aromatic N) is 2. The van der Waals surface area contributed by atoms with Crippen molar-refractivity contribution in [1.82, 2.24) is 0 Å². The third-order valence-corrected chi connectivity index (χ3v) is 2.19. The van der Waals surface area contributed by atoms with Crippen molar-refractivity contribution in [2.45, 2.75) is 19.8 Å². The molecule has 0 amide bonds. The number of methoxy groups -OCH3 is 1. The summed E-state index contributed by atoms with van der Waals surface area (Å²) in [5.41, 5.74) is 0.805. The number of benzene rings is 1. The van der Waals surface area contributed by atoms with E-state index in [0.29, 0.717) is 6.54 Å². The molecule has 0 bridgehead atoms. The lowest BCUT2D eigenvalue weighted by atomic mass is 10.2. The summed E-state index contributed by atoms with van der Waals surface area (Å²) in [6.45, 7) is 2.74. The minimum atomic E-state index is 0.659. The Morgan fingerprint density at radius 2 is 2.00 bits per heavy atom. The number of unbranched alkanes of at least 4 members (excludes halogenated alkanes) is 1. The molecule has 0 aliphatic heterocycles. The van der Waals surface area contributed by atoms with Crippen LogP contribution in [-0.2, 0) is 0 Å². The van der Waals surface area contributed by atoms with Crippen LogP contribution >= 0.6 is 0 Å². The minimum absolute atomic E-state index is 0.659. The number of nitroso groups, excluding NO2 is 1. The van der Waals surface area contributed by atoms with Gasteiger partial charge in [-0.2, -0.15) is 0 Å². The van der Waals surface area contributed by atoms with E-state index in [2.05, 4.69) is 12.2 Å². The van der Waals surface area contributed by atoms with Crippen molar-refractivity contribution in [2.24, 2.45) is 5.29 Å². The molecule has 0 fully saturated rings. The fourth-order valence-corrected chi connectivity index (χ4v) is 1.28. The fourth-order valence-electron chi connectivity index (χ4n) is 1.28. The van der Waals surface area contributed by atoms with Gasteiger partial charge in [0.15, 0.2) is 0 Å². The van der Waals surface area contributed by atoms with Crippen LogP contribution in [-0.4, -0.2) is 13.7 Å². The Morgan fingerprint density at radius 1 is 1.33 bits per heavy atom. The Hall–Kier alpha value is -1.58. The van der Waals surface area contributed by atoms with Gasteiger partial charge < -0.3 is 4.74 Å². The van der Waals surface area contributed by atoms with Gasteiger partial charge in [0, 0.05) is 6.54 Å². The van der Waals surface area contributed by atoms with Gasteiger partial charge in [0.1, 0.15) is 5.75 Å². The number of hydrogen-bond donors (Lipinski definition) is 0. The van der Waals surface area contributed by atoms with E-state index in [4.69, 9.17) is 4.74 Å². The Bertz CT molecular complexity index is 298. The van der Waals surface area contributed by atoms with Crippen LogP contribution in [0, 0.1) is 4.91 Å². The van der Waals surface area contributed by atoms with E-state index in [0.717, 1.165) is 24.3 Å². The molecule has 1 aromatic carbocycles. The minimum Gasteiger partial charge on any atom is -0.497 e. The summed E-state index contributed by atoms with van der Waals surface area (Å²) in [6.07, 6.45) is 2.00. The third kappa shape index (κ3) is 3.23. The van der Waals surface area contributed by atoms with E-state index in [-0.39, 0.29) is 0 Å². The molecule has 0 aliphatic carbocycles. The largest absolute Gasteiger partial charge is 0.497 e. The van der Waals surface area contributed by atoms with Crippen molar-refractivity contribution < 1.29 is 4.74 Å². The molecule has 1 rings (SSSR count). The Kier molecular flexibility index (Phi) is 4.60. The van der Waals surface area contributed by atoms with Gasteiger partial charge in [0.2, 0.25) is 0 Å². The van der Waals surface area contributed by atoms with E-state index in [9.17, 15) is 4.91 Å². The van der Waals surface area contributed by atoms with Crippen LogP contribution in [0.3, 0.4) is 0 Å². The highest BCUT2D eigenvalue weighted by Crippen LogP contribution is 2.19. The average Bonchev–Trinajstić information content (AvgIpc) is 2.31. The van der Waals surface area contributed by atoms with Gasteiger partial charge in [-0.25, -0.2) is 5.01 Å². The zero-order valence-corrected chi connectivity index (χ0v) is 9.14. The van der Waals surface area contributed by atoms with Gasteiger partial charge in [-0.1, -0.05) is 13.3 Å². The molecule has 0 saturated carbocycles. The summed E-state index contributed by atoms with van der Waals surface area (Å²) in [6, 6.07) is 7.30. The second-order valence-corrected chi connectivity index (χ2v) is 3.26. The molecule has 82 valence electrons. The van der Waals surface area contributed by atoms with E-state index in [1.54, 1.807) is 7.11 Å². The lowest BCUT2D eigenvalue weighted by molar-refractivity contribution is 0.415. The summed E-state index contributed by atoms with van der Waals surface area (Å²) in [7, 11) is 1.61. The molecule has 15 heavy (non-hydrogen) atoms. The van der Waals surface area contributed by atoms with Crippen LogP contribution in [0.25, 0.3) is 0 Å². The quantitative estimate of drug-likeness (QED) is 0.533. The molecule has 4 nitrogen and oxygen atoms in total. The van der Waals surface area contributed by atoms with Gasteiger partial charge in [-0.3, -0.25) is 0 Å². The molecule has 4 heteroatoms. The van der Waals surface area contributed by atoms with Crippen molar-refractivity contribution in [1.29, 1.82) is 0 Å². The molecule has 0 heterocycles. The Morgan fingerprint density at radius 3 is 2.47 bits per heavy atom. The van der Waals surface area contributed by atoms with Crippen molar-refractivity contribution >= 4 is 5.69 Å². The molecule has 0 aromatic heterocycles. The van der Waals surface area contributed by atoms with E-state index in [1.165, 1.54) is 5.01 Å². The molecule has 0 N–H and O–H groups in total. The van der Waals surface area contributed by atoms with Crippen LogP contribution in [0.5, 0.6) is 5.75 Å². The smallest absolute Gasteiger partial charge is 0.119 e. The van der Waals surface area contributed by atoms with Crippen LogP contribution < -0.4 is 9.75 Å². The first-order valence-corrected chi connectivity index (χ1v) is 5.06. The molecule has 0 unspecified atom stereocenters. The van der Waals surface area contributed by atoms with Gasteiger partial charge in [-0.15, -0.1) is 4.91 Å². The maximum absolute atomic E-state index is 10.6. The van der Waals surface area contributed by atoms with Crippen molar-refractivity contribution in [3.05, 3.63) is 29.2 Å². The first-order valence-electron chi connectivity index (χ1n) is 5.06. The van der Waals surface area contributed by atoms with Crippen LogP contribution in [0.1, 0.15) is 19.8 Å². The van der Waals surface area contributed by atoms with Gasteiger partial charge in [0.05, 0.1) is 18.1 Å². The third-order valence-electron chi connectivity index (χ3n) is 2.19. The average molecular weight is 208 g/mol. The lowest BCUT2D eigenvalue weighted by Gasteiger charge is -2.14. The molecule has 0 atom stereocenters. The van der Waals surface area contributed by atoms with Crippen LogP contribution in [0.15, 0.2) is 29.6 Å². The predicted octanol–water partition coefficient (Wildman–Crippen LogP) is 2.98. The monoisotopic (exact) mass is 208 g/mol. The molecule has 0 radical (unpaired) electrons. The number of hydrogen-bond acceptors (Lipinski definition) is 3. The lowest BCUT2D eigenvalue weighted by Crippen LogP contribution is -2.16. The molecular weight excluding hydrogens is 192 g/mol. The van der Waals surface area contributed by atoms with E-state index >= 15 is 0 Å². The van der Waals surface area contributed by atoms with Crippen LogP contribution in [0.2, 0.25) is 0 Å². The van der Waals surface area contributed by atoms with Crippen molar-refractivity contribution in [3.8, 4) is 5.75 Å². The molecule has 0 spiro atoms. The van der Waals surface area contributed by atoms with Gasteiger partial charge >= 0.3 is 0 Å². The van der Waals surface area contributed by atoms with E-state index < -0.39 is 0 Å². The Balaban J connectivity index is 2.69. The fraction of sp³-hybridized carbons (Fsp3) is 0.455. The molecule has 1 aromatic rings. The normalized spacial score (nSPS) is 9.73. The summed E-state index contributed by atoms with van der Waals surface area (Å²) in [5.74, 6) is 0.778. The topological polar surface area (TPSA) is 41.9 Å². The zero-order valence-electron chi connectivity index (χ0n) is 9.14.